The van der Waals surface area contributed by atoms with Crippen LogP contribution in [0.4, 0.5) is 15.8 Å². The van der Waals surface area contributed by atoms with Crippen LogP contribution in [0.1, 0.15) is 11.6 Å². The van der Waals surface area contributed by atoms with Gasteiger partial charge in [-0.3, -0.25) is 19.9 Å². The summed E-state index contributed by atoms with van der Waals surface area (Å²) in [5.41, 5.74) is 3.61. The number of nitrogens with one attached hydrogen (secondary N) is 2. The van der Waals surface area contributed by atoms with Gasteiger partial charge >= 0.3 is 0 Å². The van der Waals surface area contributed by atoms with Crippen molar-refractivity contribution in [3.05, 3.63) is 59.9 Å². The fraction of sp³-hybridized carbons (Fsp3) is 0.125. The largest absolute Gasteiger partial charge is 0.368 e. The molecule has 0 aromatic heterocycles. The molecule has 0 aliphatic carbocycles. The Morgan fingerprint density at radius 3 is 2.70 bits per heavy atom. The molecule has 2 aromatic carbocycles. The van der Waals surface area contributed by atoms with E-state index in [1.165, 1.54) is 23.1 Å². The number of carbonyl (C=O) groups is 2. The van der Waals surface area contributed by atoms with E-state index in [4.69, 9.17) is 5.84 Å². The molecule has 6 nitrogen and oxygen atoms in total. The van der Waals surface area contributed by atoms with Crippen LogP contribution in [-0.4, -0.2) is 18.4 Å². The second kappa shape index (κ2) is 6.05. The summed E-state index contributed by atoms with van der Waals surface area (Å²) in [6.45, 7) is -0.237. The molecule has 1 aliphatic rings. The Bertz CT molecular complexity index is 751. The quantitative estimate of drug-likeness (QED) is 0.453. The minimum absolute atomic E-state index is 0.237. The fourth-order valence-corrected chi connectivity index (χ4v) is 2.57. The van der Waals surface area contributed by atoms with Crippen molar-refractivity contribution in [2.75, 3.05) is 16.8 Å². The highest BCUT2D eigenvalue weighted by molar-refractivity contribution is 6.08. The molecular formula is C16H15FN4O2. The molecule has 0 spiro atoms. The van der Waals surface area contributed by atoms with Crippen molar-refractivity contribution >= 4 is 23.2 Å². The van der Waals surface area contributed by atoms with E-state index in [2.05, 4.69) is 5.32 Å². The van der Waals surface area contributed by atoms with Gasteiger partial charge in [0, 0.05) is 0 Å². The van der Waals surface area contributed by atoms with Gasteiger partial charge in [0.1, 0.15) is 18.4 Å². The zero-order chi connectivity index (χ0) is 16.4. The molecule has 4 N–H and O–H groups in total. The number of benzene rings is 2. The SMILES string of the molecule is NNC(=O)CN1C(=O)C(c2ccccc2)Nc2cc(F)ccc21. The molecule has 2 amide bonds. The van der Waals surface area contributed by atoms with E-state index in [1.54, 1.807) is 12.1 Å². The lowest BCUT2D eigenvalue weighted by molar-refractivity contribution is -0.124. The molecule has 7 heteroatoms. The van der Waals surface area contributed by atoms with Gasteiger partial charge in [-0.1, -0.05) is 30.3 Å². The lowest BCUT2D eigenvalue weighted by Gasteiger charge is -2.35. The maximum absolute atomic E-state index is 13.5. The fourth-order valence-electron chi connectivity index (χ4n) is 2.57. The molecule has 1 atom stereocenters. The first-order chi connectivity index (χ1) is 11.1. The minimum Gasteiger partial charge on any atom is -0.368 e. The smallest absolute Gasteiger partial charge is 0.254 e. The number of carbonyl (C=O) groups excluding carboxylic acids is 2. The van der Waals surface area contributed by atoms with Gasteiger partial charge in [-0.15, -0.1) is 0 Å². The molecule has 0 radical (unpaired) electrons. The molecule has 1 aliphatic heterocycles. The topological polar surface area (TPSA) is 87.5 Å². The second-order valence-electron chi connectivity index (χ2n) is 5.14. The van der Waals surface area contributed by atoms with E-state index in [1.807, 2.05) is 23.6 Å². The van der Waals surface area contributed by atoms with Crippen LogP contribution in [0.3, 0.4) is 0 Å². The highest BCUT2D eigenvalue weighted by Gasteiger charge is 2.34. The van der Waals surface area contributed by atoms with Crippen molar-refractivity contribution in [3.63, 3.8) is 0 Å². The predicted octanol–water partition coefficient (Wildman–Crippen LogP) is 1.32. The molecule has 2 aromatic rings. The van der Waals surface area contributed by atoms with E-state index in [0.29, 0.717) is 11.4 Å². The molecule has 0 fully saturated rings. The number of hydrazine groups is 1. The first kappa shape index (κ1) is 15.0. The summed E-state index contributed by atoms with van der Waals surface area (Å²) in [4.78, 5) is 25.7. The Kier molecular flexibility index (Phi) is 3.94. The van der Waals surface area contributed by atoms with E-state index < -0.39 is 17.8 Å². The van der Waals surface area contributed by atoms with E-state index in [0.717, 1.165) is 5.56 Å². The van der Waals surface area contributed by atoms with Crippen molar-refractivity contribution in [3.8, 4) is 0 Å². The van der Waals surface area contributed by atoms with Gasteiger partial charge in [-0.05, 0) is 23.8 Å². The summed E-state index contributed by atoms with van der Waals surface area (Å²) in [6.07, 6.45) is 0. The third kappa shape index (κ3) is 2.86. The standard InChI is InChI=1S/C16H15FN4O2/c17-11-6-7-13-12(8-11)19-15(10-4-2-1-3-5-10)16(23)21(13)9-14(22)20-18/h1-8,15,19H,9,18H2,(H,20,22). The van der Waals surface area contributed by atoms with E-state index >= 15 is 0 Å². The molecule has 23 heavy (non-hydrogen) atoms. The highest BCUT2D eigenvalue weighted by Crippen LogP contribution is 2.36. The van der Waals surface area contributed by atoms with Gasteiger partial charge < -0.3 is 5.32 Å². The summed E-state index contributed by atoms with van der Waals surface area (Å²) >= 11 is 0. The number of hydrogen-bond donors (Lipinski definition) is 3. The van der Waals surface area contributed by atoms with Crippen LogP contribution in [0.2, 0.25) is 0 Å². The summed E-state index contributed by atoms with van der Waals surface area (Å²) in [5.74, 6) is 3.86. The van der Waals surface area contributed by atoms with Crippen LogP contribution in [-0.2, 0) is 9.59 Å². The monoisotopic (exact) mass is 314 g/mol. The number of hydrogen-bond acceptors (Lipinski definition) is 4. The molecular weight excluding hydrogens is 299 g/mol. The van der Waals surface area contributed by atoms with E-state index in [9.17, 15) is 14.0 Å². The molecule has 0 saturated carbocycles. The number of nitrogens with zero attached hydrogens (tertiary/aromatic N) is 1. The van der Waals surface area contributed by atoms with Crippen LogP contribution in [0, 0.1) is 5.82 Å². The normalized spacial score (nSPS) is 16.5. The average Bonchev–Trinajstić information content (AvgIpc) is 2.57. The summed E-state index contributed by atoms with van der Waals surface area (Å²) in [7, 11) is 0. The molecule has 0 bridgehead atoms. The molecule has 0 saturated heterocycles. The van der Waals surface area contributed by atoms with Gasteiger partial charge in [0.25, 0.3) is 11.8 Å². The predicted molar refractivity (Wildman–Crippen MR) is 83.9 cm³/mol. The van der Waals surface area contributed by atoms with Crippen LogP contribution < -0.4 is 21.5 Å². The number of anilines is 2. The van der Waals surface area contributed by atoms with Gasteiger partial charge in [0.15, 0.2) is 0 Å². The average molecular weight is 314 g/mol. The number of nitrogens with two attached hydrogens (primary N) is 1. The van der Waals surface area contributed by atoms with Crippen LogP contribution in [0.15, 0.2) is 48.5 Å². The summed E-state index contributed by atoms with van der Waals surface area (Å²) in [5, 5.41) is 3.03. The Morgan fingerprint density at radius 1 is 1.26 bits per heavy atom. The van der Waals surface area contributed by atoms with Crippen molar-refractivity contribution in [2.45, 2.75) is 6.04 Å². The first-order valence-electron chi connectivity index (χ1n) is 7.02. The van der Waals surface area contributed by atoms with Crippen molar-refractivity contribution < 1.29 is 14.0 Å². The highest BCUT2D eigenvalue weighted by atomic mass is 19.1. The molecule has 3 rings (SSSR count). The molecule has 118 valence electrons. The Balaban J connectivity index is 2.04. The van der Waals surface area contributed by atoms with Gasteiger partial charge in [0.2, 0.25) is 0 Å². The lowest BCUT2D eigenvalue weighted by Crippen LogP contribution is -2.48. The zero-order valence-corrected chi connectivity index (χ0v) is 12.1. The van der Waals surface area contributed by atoms with Crippen molar-refractivity contribution in [1.29, 1.82) is 0 Å². The maximum Gasteiger partial charge on any atom is 0.254 e. The lowest BCUT2D eigenvalue weighted by atomic mass is 10.0. The Morgan fingerprint density at radius 2 is 2.00 bits per heavy atom. The van der Waals surface area contributed by atoms with Gasteiger partial charge in [-0.25, -0.2) is 10.2 Å². The molecule has 1 heterocycles. The van der Waals surface area contributed by atoms with Crippen LogP contribution >= 0.6 is 0 Å². The summed E-state index contributed by atoms with van der Waals surface area (Å²) < 4.78 is 13.5. The van der Waals surface area contributed by atoms with E-state index in [-0.39, 0.29) is 12.5 Å². The first-order valence-corrected chi connectivity index (χ1v) is 7.02. The summed E-state index contributed by atoms with van der Waals surface area (Å²) in [6, 6.07) is 12.3. The third-order valence-corrected chi connectivity index (χ3v) is 3.66. The van der Waals surface area contributed by atoms with Gasteiger partial charge in [0.05, 0.1) is 11.4 Å². The van der Waals surface area contributed by atoms with Crippen LogP contribution in [0.5, 0.6) is 0 Å². The number of fused-ring (bicyclic) bond motifs is 1. The molecule has 1 unspecified atom stereocenters. The van der Waals surface area contributed by atoms with Gasteiger partial charge in [-0.2, -0.15) is 0 Å². The van der Waals surface area contributed by atoms with Crippen LogP contribution in [0.25, 0.3) is 0 Å². The second-order valence-corrected chi connectivity index (χ2v) is 5.14. The van der Waals surface area contributed by atoms with Crippen molar-refractivity contribution in [1.82, 2.24) is 5.43 Å². The number of rotatable bonds is 3. The Labute approximate surface area is 132 Å². The number of amides is 2. The Hall–Kier alpha value is -2.93. The number of halogens is 1. The third-order valence-electron chi connectivity index (χ3n) is 3.66. The zero-order valence-electron chi connectivity index (χ0n) is 12.1. The van der Waals surface area contributed by atoms with Crippen molar-refractivity contribution in [2.24, 2.45) is 5.84 Å². The maximum atomic E-state index is 13.5. The minimum atomic E-state index is -0.698.